The van der Waals surface area contributed by atoms with Gasteiger partial charge in [0.05, 0.1) is 0 Å². The molecule has 0 atom stereocenters. The smallest absolute Gasteiger partial charge is 0.220 e. The Hall–Kier alpha value is -1.84. The lowest BCUT2D eigenvalue weighted by Gasteiger charge is -2.09. The van der Waals surface area contributed by atoms with E-state index < -0.39 is 0 Å². The summed E-state index contributed by atoms with van der Waals surface area (Å²) in [5, 5.41) is 5.78. The summed E-state index contributed by atoms with van der Waals surface area (Å²) in [6, 6.07) is 8.53. The van der Waals surface area contributed by atoms with Gasteiger partial charge >= 0.3 is 0 Å². The first-order valence-electron chi connectivity index (χ1n) is 8.03. The maximum absolute atomic E-state index is 11.6. The number of aryl methyl sites for hydroxylation is 2. The molecule has 0 spiro atoms. The fourth-order valence-electron chi connectivity index (χ4n) is 2.18. The monoisotopic (exact) mass is 320 g/mol. The van der Waals surface area contributed by atoms with Gasteiger partial charge in [-0.2, -0.15) is 0 Å². The summed E-state index contributed by atoms with van der Waals surface area (Å²) < 4.78 is 0. The molecule has 0 aliphatic rings. The first kappa shape index (κ1) is 21.2. The molecule has 4 nitrogen and oxygen atoms in total. The molecule has 1 aromatic rings. The molecule has 4 heteroatoms. The summed E-state index contributed by atoms with van der Waals surface area (Å²) in [5.74, 6) is 0.175. The van der Waals surface area contributed by atoms with Crippen LogP contribution >= 0.6 is 0 Å². The van der Waals surface area contributed by atoms with E-state index in [0.29, 0.717) is 12.8 Å². The Morgan fingerprint density at radius 3 is 1.35 bits per heavy atom. The average Bonchev–Trinajstić information content (AvgIpc) is 2.42. The van der Waals surface area contributed by atoms with Crippen molar-refractivity contribution in [3.05, 3.63) is 35.4 Å². The first-order valence-corrected chi connectivity index (χ1v) is 8.03. The Bertz CT molecular complexity index is 434. The van der Waals surface area contributed by atoms with E-state index in [1.54, 1.807) is 0 Å². The minimum absolute atomic E-state index is 0. The van der Waals surface area contributed by atoms with Gasteiger partial charge in [0, 0.05) is 24.9 Å². The Labute approximate surface area is 141 Å². The molecule has 1 aromatic carbocycles. The van der Waals surface area contributed by atoms with Crippen molar-refractivity contribution in [1.29, 1.82) is 0 Å². The molecule has 0 aliphatic heterocycles. The Kier molecular flexibility index (Phi) is 9.95. The highest BCUT2D eigenvalue weighted by Gasteiger charge is 2.05. The van der Waals surface area contributed by atoms with Crippen LogP contribution in [0, 0.1) is 0 Å². The molecule has 0 radical (unpaired) electrons. The molecule has 23 heavy (non-hydrogen) atoms. The van der Waals surface area contributed by atoms with Crippen molar-refractivity contribution in [2.75, 3.05) is 0 Å². The third kappa shape index (κ3) is 9.72. The normalized spacial score (nSPS) is 10.3. The first-order chi connectivity index (χ1) is 10.4. The Morgan fingerprint density at radius 1 is 0.783 bits per heavy atom. The van der Waals surface area contributed by atoms with Gasteiger partial charge in [-0.3, -0.25) is 9.59 Å². The Morgan fingerprint density at radius 2 is 1.09 bits per heavy atom. The lowest BCUT2D eigenvalue weighted by molar-refractivity contribution is -0.122. The van der Waals surface area contributed by atoms with Crippen molar-refractivity contribution in [1.82, 2.24) is 10.6 Å². The van der Waals surface area contributed by atoms with Crippen molar-refractivity contribution in [2.24, 2.45) is 0 Å². The number of carbonyl (C=O) groups is 2. The van der Waals surface area contributed by atoms with E-state index in [9.17, 15) is 9.59 Å². The van der Waals surface area contributed by atoms with E-state index in [-0.39, 0.29) is 31.3 Å². The molecule has 0 aliphatic carbocycles. The number of amides is 2. The fourth-order valence-corrected chi connectivity index (χ4v) is 2.18. The van der Waals surface area contributed by atoms with Crippen LogP contribution in [-0.2, 0) is 22.4 Å². The molecule has 0 unspecified atom stereocenters. The second kappa shape index (κ2) is 10.8. The van der Waals surface area contributed by atoms with E-state index in [0.717, 1.165) is 24.0 Å². The molecule has 0 saturated carbocycles. The van der Waals surface area contributed by atoms with Crippen molar-refractivity contribution >= 4 is 11.8 Å². The molecule has 0 saturated heterocycles. The SMILES string of the molecule is C.CC(C)NC(=O)CCc1ccc(CCC(=O)NC(C)C)cc1. The predicted molar refractivity (Wildman–Crippen MR) is 96.4 cm³/mol. The van der Waals surface area contributed by atoms with Crippen molar-refractivity contribution < 1.29 is 9.59 Å². The van der Waals surface area contributed by atoms with Crippen molar-refractivity contribution in [3.8, 4) is 0 Å². The van der Waals surface area contributed by atoms with Gasteiger partial charge < -0.3 is 10.6 Å². The second-order valence-electron chi connectivity index (χ2n) is 6.26. The van der Waals surface area contributed by atoms with Crippen LogP contribution in [0.5, 0.6) is 0 Å². The van der Waals surface area contributed by atoms with E-state index >= 15 is 0 Å². The maximum Gasteiger partial charge on any atom is 0.220 e. The number of benzene rings is 1. The van der Waals surface area contributed by atoms with Crippen LogP contribution in [0.1, 0.15) is 59.1 Å². The molecule has 0 bridgehead atoms. The highest BCUT2D eigenvalue weighted by Crippen LogP contribution is 2.09. The number of hydrogen-bond acceptors (Lipinski definition) is 2. The second-order valence-corrected chi connectivity index (χ2v) is 6.26. The van der Waals surface area contributed by atoms with Crippen LogP contribution < -0.4 is 10.6 Å². The quantitative estimate of drug-likeness (QED) is 0.772. The van der Waals surface area contributed by atoms with Crippen molar-refractivity contribution in [3.63, 3.8) is 0 Å². The molecule has 2 amide bonds. The maximum atomic E-state index is 11.6. The highest BCUT2D eigenvalue weighted by atomic mass is 16.2. The molecular formula is C19H32N2O2. The third-order valence-corrected chi connectivity index (χ3v) is 3.20. The van der Waals surface area contributed by atoms with Gasteiger partial charge in [0.2, 0.25) is 11.8 Å². The number of rotatable bonds is 8. The molecule has 130 valence electrons. The van der Waals surface area contributed by atoms with Gasteiger partial charge in [-0.1, -0.05) is 31.7 Å². The summed E-state index contributed by atoms with van der Waals surface area (Å²) in [5.41, 5.74) is 2.29. The summed E-state index contributed by atoms with van der Waals surface area (Å²) in [6.45, 7) is 7.84. The molecule has 0 aromatic heterocycles. The topological polar surface area (TPSA) is 58.2 Å². The van der Waals surface area contributed by atoms with Gasteiger partial charge in [0.25, 0.3) is 0 Å². The number of carbonyl (C=O) groups excluding carboxylic acids is 2. The molecular weight excluding hydrogens is 288 g/mol. The van der Waals surface area contributed by atoms with Crippen LogP contribution in [-0.4, -0.2) is 23.9 Å². The zero-order chi connectivity index (χ0) is 16.5. The van der Waals surface area contributed by atoms with Crippen LogP contribution in [0.2, 0.25) is 0 Å². The van der Waals surface area contributed by atoms with Crippen molar-refractivity contribution in [2.45, 2.75) is 72.9 Å². The Balaban J connectivity index is 0.00000484. The van der Waals surface area contributed by atoms with E-state index in [4.69, 9.17) is 0 Å². The van der Waals surface area contributed by atoms with Gasteiger partial charge in [-0.15, -0.1) is 0 Å². The average molecular weight is 320 g/mol. The molecule has 0 fully saturated rings. The predicted octanol–water partition coefficient (Wildman–Crippen LogP) is 3.24. The zero-order valence-electron chi connectivity index (χ0n) is 14.1. The standard InChI is InChI=1S/C18H28N2O2.CH4/c1-13(2)19-17(21)11-9-15-5-7-16(8-6-15)10-12-18(22)20-14(3)4;/h5-8,13-14H,9-12H2,1-4H3,(H,19,21)(H,20,22);1H4. The zero-order valence-corrected chi connectivity index (χ0v) is 14.1. The minimum Gasteiger partial charge on any atom is -0.354 e. The van der Waals surface area contributed by atoms with Crippen LogP contribution in [0.4, 0.5) is 0 Å². The van der Waals surface area contributed by atoms with Gasteiger partial charge in [0.1, 0.15) is 0 Å². The lowest BCUT2D eigenvalue weighted by Crippen LogP contribution is -2.30. The van der Waals surface area contributed by atoms with Gasteiger partial charge in [-0.25, -0.2) is 0 Å². The van der Waals surface area contributed by atoms with Gasteiger partial charge in [-0.05, 0) is 51.7 Å². The van der Waals surface area contributed by atoms with Gasteiger partial charge in [0.15, 0.2) is 0 Å². The van der Waals surface area contributed by atoms with E-state index in [1.165, 1.54) is 0 Å². The minimum atomic E-state index is 0. The van der Waals surface area contributed by atoms with E-state index in [1.807, 2.05) is 52.0 Å². The van der Waals surface area contributed by atoms with Crippen LogP contribution in [0.3, 0.4) is 0 Å². The lowest BCUT2D eigenvalue weighted by atomic mass is 10.0. The fraction of sp³-hybridized carbons (Fsp3) is 0.579. The molecule has 2 N–H and O–H groups in total. The summed E-state index contributed by atoms with van der Waals surface area (Å²) in [6.07, 6.45) is 2.50. The van der Waals surface area contributed by atoms with Crippen LogP contribution in [0.15, 0.2) is 24.3 Å². The number of nitrogens with one attached hydrogen (secondary N) is 2. The molecule has 0 heterocycles. The van der Waals surface area contributed by atoms with E-state index in [2.05, 4.69) is 10.6 Å². The largest absolute Gasteiger partial charge is 0.354 e. The summed E-state index contributed by atoms with van der Waals surface area (Å²) in [4.78, 5) is 23.2. The highest BCUT2D eigenvalue weighted by molar-refractivity contribution is 5.76. The number of hydrogen-bond donors (Lipinski definition) is 2. The third-order valence-electron chi connectivity index (χ3n) is 3.20. The molecule has 1 rings (SSSR count). The summed E-state index contributed by atoms with van der Waals surface area (Å²) in [7, 11) is 0. The summed E-state index contributed by atoms with van der Waals surface area (Å²) >= 11 is 0. The van der Waals surface area contributed by atoms with Crippen LogP contribution in [0.25, 0.3) is 0 Å².